The highest BCUT2D eigenvalue weighted by Crippen LogP contribution is 2.32. The second-order valence-corrected chi connectivity index (χ2v) is 9.02. The van der Waals surface area contributed by atoms with Crippen molar-refractivity contribution in [2.75, 3.05) is 40.1 Å². The van der Waals surface area contributed by atoms with E-state index in [1.165, 1.54) is 9.59 Å². The number of tetrazole rings is 1. The van der Waals surface area contributed by atoms with Crippen LogP contribution < -0.4 is 14.3 Å². The van der Waals surface area contributed by atoms with Crippen molar-refractivity contribution in [3.63, 3.8) is 0 Å². The predicted molar refractivity (Wildman–Crippen MR) is 133 cm³/mol. The maximum atomic E-state index is 13.3. The molecule has 13 heteroatoms. The van der Waals surface area contributed by atoms with Crippen LogP contribution in [0.4, 0.5) is 8.78 Å². The Morgan fingerprint density at radius 1 is 0.973 bits per heavy atom. The van der Waals surface area contributed by atoms with Crippen molar-refractivity contribution in [3.05, 3.63) is 58.6 Å². The van der Waals surface area contributed by atoms with Gasteiger partial charge in [-0.1, -0.05) is 16.6 Å². The summed E-state index contributed by atoms with van der Waals surface area (Å²) in [5, 5.41) is 9.28. The van der Waals surface area contributed by atoms with Crippen LogP contribution in [-0.4, -0.2) is 60.1 Å². The Morgan fingerprint density at radius 2 is 1.65 bits per heavy atom. The number of alkyl halides is 2. The molecule has 0 fully saturated rings. The van der Waals surface area contributed by atoms with Crippen LogP contribution in [0.2, 0.25) is 4.34 Å². The van der Waals surface area contributed by atoms with Crippen LogP contribution in [0.25, 0.3) is 22.2 Å². The summed E-state index contributed by atoms with van der Waals surface area (Å²) < 4.78 is 48.1. The number of benzene rings is 2. The van der Waals surface area contributed by atoms with Gasteiger partial charge in [-0.05, 0) is 81.5 Å². The normalized spacial score (nSPS) is 11.3. The molecule has 0 aliphatic carbocycles. The Morgan fingerprint density at radius 3 is 2.30 bits per heavy atom. The van der Waals surface area contributed by atoms with E-state index in [1.54, 1.807) is 43.5 Å². The summed E-state index contributed by atoms with van der Waals surface area (Å²) in [4.78, 5) is 6.80. The van der Waals surface area contributed by atoms with Gasteiger partial charge in [0.05, 0.1) is 26.9 Å². The van der Waals surface area contributed by atoms with Gasteiger partial charge in [-0.25, -0.2) is 8.78 Å². The first-order valence-electron chi connectivity index (χ1n) is 11.4. The van der Waals surface area contributed by atoms with Gasteiger partial charge in [0.25, 0.3) is 12.2 Å². The van der Waals surface area contributed by atoms with E-state index < -0.39 is 12.1 Å². The van der Waals surface area contributed by atoms with E-state index in [4.69, 9.17) is 30.5 Å². The van der Waals surface area contributed by atoms with Crippen LogP contribution >= 0.6 is 22.9 Å². The SMILES string of the molecule is CCOCCOCCOc1ccc(-c2nn(-c3ccc(OC)cc3)[n+](-c3nc(C(F)F)c(Cl)s3)n2)cc1. The van der Waals surface area contributed by atoms with Gasteiger partial charge in [-0.15, -0.1) is 0 Å². The van der Waals surface area contributed by atoms with Gasteiger partial charge in [0.2, 0.25) is 5.69 Å². The summed E-state index contributed by atoms with van der Waals surface area (Å²) >= 11 is 6.90. The quantitative estimate of drug-likeness (QED) is 0.176. The number of nitrogens with zero attached hydrogens (tertiary/aromatic N) is 5. The first kappa shape index (κ1) is 26.9. The standard InChI is InChI=1S/C24H25ClF2N5O4S/c1-3-34-12-13-35-14-15-36-19-8-4-16(5-9-19)23-29-31(17-6-10-18(33-2)11-7-17)32(30-23)24-28-20(22(26)27)21(25)37-24/h4-11,22H,3,12-15H2,1-2H3/q+1. The molecule has 0 aliphatic heterocycles. The molecule has 0 saturated carbocycles. The number of hydrogen-bond donors (Lipinski definition) is 0. The van der Waals surface area contributed by atoms with E-state index in [0.29, 0.717) is 61.6 Å². The second-order valence-electron chi connectivity index (χ2n) is 7.44. The van der Waals surface area contributed by atoms with Gasteiger partial charge in [-0.3, -0.25) is 0 Å². The molecule has 0 atom stereocenters. The molecule has 37 heavy (non-hydrogen) atoms. The van der Waals surface area contributed by atoms with Gasteiger partial charge in [0.1, 0.15) is 28.1 Å². The zero-order chi connectivity index (χ0) is 26.2. The van der Waals surface area contributed by atoms with Crippen molar-refractivity contribution in [1.82, 2.24) is 20.0 Å². The Labute approximate surface area is 221 Å². The topological polar surface area (TPSA) is 84.4 Å². The third-order valence-corrected chi connectivity index (χ3v) is 6.27. The van der Waals surface area contributed by atoms with Crippen molar-refractivity contribution >= 4 is 22.9 Å². The molecule has 4 aromatic rings. The lowest BCUT2D eigenvalue weighted by Crippen LogP contribution is -2.43. The van der Waals surface area contributed by atoms with E-state index in [0.717, 1.165) is 11.3 Å². The molecule has 2 aromatic carbocycles. The lowest BCUT2D eigenvalue weighted by atomic mass is 10.2. The molecule has 0 N–H and O–H groups in total. The number of hydrogen-bond acceptors (Lipinski definition) is 8. The molecule has 0 radical (unpaired) electrons. The Balaban J connectivity index is 1.55. The number of aromatic nitrogens is 5. The molecule has 0 amide bonds. The van der Waals surface area contributed by atoms with Crippen LogP contribution in [-0.2, 0) is 9.47 Å². The molecular weight excluding hydrogens is 528 g/mol. The molecule has 2 aromatic heterocycles. The second kappa shape index (κ2) is 12.9. The predicted octanol–water partition coefficient (Wildman–Crippen LogP) is 4.70. The average Bonchev–Trinajstić information content (AvgIpc) is 3.53. The van der Waals surface area contributed by atoms with Gasteiger partial charge in [0.15, 0.2) is 0 Å². The maximum absolute atomic E-state index is 13.3. The molecule has 0 saturated heterocycles. The van der Waals surface area contributed by atoms with Crippen molar-refractivity contribution < 1.29 is 32.5 Å². The largest absolute Gasteiger partial charge is 0.497 e. The lowest BCUT2D eigenvalue weighted by molar-refractivity contribution is -0.734. The van der Waals surface area contributed by atoms with E-state index >= 15 is 0 Å². The molecular formula is C24H25ClF2N5O4S+. The first-order chi connectivity index (χ1) is 18.0. The molecule has 9 nitrogen and oxygen atoms in total. The molecule has 2 heterocycles. The maximum Gasteiger partial charge on any atom is 0.366 e. The van der Waals surface area contributed by atoms with Gasteiger partial charge in [0, 0.05) is 17.3 Å². The fraction of sp³-hybridized carbons (Fsp3) is 0.333. The molecule has 0 unspecified atom stereocenters. The van der Waals surface area contributed by atoms with E-state index in [-0.39, 0.29) is 9.47 Å². The zero-order valence-electron chi connectivity index (χ0n) is 20.1. The third-order valence-electron chi connectivity index (χ3n) is 5.02. The minimum atomic E-state index is -2.81. The van der Waals surface area contributed by atoms with Crippen LogP contribution in [0, 0.1) is 0 Å². The summed E-state index contributed by atoms with van der Waals surface area (Å²) in [6.07, 6.45) is -2.81. The summed E-state index contributed by atoms with van der Waals surface area (Å²) in [5.74, 6) is 1.67. The summed E-state index contributed by atoms with van der Waals surface area (Å²) in [7, 11) is 1.56. The van der Waals surface area contributed by atoms with Crippen LogP contribution in [0.15, 0.2) is 48.5 Å². The number of thiazole rings is 1. The molecule has 4 rings (SSSR count). The Bertz CT molecular complexity index is 1290. The van der Waals surface area contributed by atoms with E-state index in [9.17, 15) is 8.78 Å². The van der Waals surface area contributed by atoms with Crippen LogP contribution in [0.3, 0.4) is 0 Å². The molecule has 0 aliphatic rings. The highest BCUT2D eigenvalue weighted by Gasteiger charge is 2.29. The van der Waals surface area contributed by atoms with E-state index in [1.807, 2.05) is 19.1 Å². The van der Waals surface area contributed by atoms with Gasteiger partial charge < -0.3 is 18.9 Å². The first-order valence-corrected chi connectivity index (χ1v) is 12.6. The van der Waals surface area contributed by atoms with Crippen molar-refractivity contribution in [1.29, 1.82) is 0 Å². The monoisotopic (exact) mass is 552 g/mol. The summed E-state index contributed by atoms with van der Waals surface area (Å²) in [5.41, 5.74) is 0.815. The fourth-order valence-corrected chi connectivity index (χ4v) is 4.29. The number of rotatable bonds is 13. The van der Waals surface area contributed by atoms with Gasteiger partial charge in [-0.2, -0.15) is 0 Å². The van der Waals surface area contributed by atoms with Crippen LogP contribution in [0.1, 0.15) is 19.0 Å². The van der Waals surface area contributed by atoms with Crippen molar-refractivity contribution in [3.8, 4) is 33.7 Å². The number of halogens is 3. The van der Waals surface area contributed by atoms with Gasteiger partial charge >= 0.3 is 5.13 Å². The number of methoxy groups -OCH3 is 1. The highest BCUT2D eigenvalue weighted by atomic mass is 35.5. The van der Waals surface area contributed by atoms with E-state index in [2.05, 4.69) is 15.2 Å². The Hall–Kier alpha value is -3.19. The Kier molecular flexibility index (Phi) is 9.34. The molecule has 0 spiro atoms. The average molecular weight is 553 g/mol. The highest BCUT2D eigenvalue weighted by molar-refractivity contribution is 7.17. The lowest BCUT2D eigenvalue weighted by Gasteiger charge is -2.07. The minimum absolute atomic E-state index is 0.105. The van der Waals surface area contributed by atoms with Crippen molar-refractivity contribution in [2.24, 2.45) is 0 Å². The zero-order valence-corrected chi connectivity index (χ0v) is 21.7. The summed E-state index contributed by atoms with van der Waals surface area (Å²) in [6, 6.07) is 14.3. The van der Waals surface area contributed by atoms with Crippen LogP contribution in [0.5, 0.6) is 11.5 Å². The van der Waals surface area contributed by atoms with Crippen molar-refractivity contribution in [2.45, 2.75) is 13.3 Å². The minimum Gasteiger partial charge on any atom is -0.497 e. The smallest absolute Gasteiger partial charge is 0.366 e. The summed E-state index contributed by atoms with van der Waals surface area (Å²) in [6.45, 7) is 4.50. The number of ether oxygens (including phenoxy) is 4. The fourth-order valence-electron chi connectivity index (χ4n) is 3.21. The molecule has 196 valence electrons. The molecule has 0 bridgehead atoms. The third kappa shape index (κ3) is 6.77.